The highest BCUT2D eigenvalue weighted by molar-refractivity contribution is 6.02. The van der Waals surface area contributed by atoms with Gasteiger partial charge < -0.3 is 10.8 Å². The monoisotopic (exact) mass is 281 g/mol. The summed E-state index contributed by atoms with van der Waals surface area (Å²) in [6.07, 6.45) is 2.54. The van der Waals surface area contributed by atoms with E-state index in [4.69, 9.17) is 5.73 Å². The first kappa shape index (κ1) is 14.8. The van der Waals surface area contributed by atoms with E-state index in [1.54, 1.807) is 18.3 Å². The van der Waals surface area contributed by atoms with Crippen molar-refractivity contribution in [3.63, 3.8) is 0 Å². The summed E-state index contributed by atoms with van der Waals surface area (Å²) in [6.45, 7) is 7.92. The summed E-state index contributed by atoms with van der Waals surface area (Å²) in [7, 11) is 0. The van der Waals surface area contributed by atoms with Crippen molar-refractivity contribution in [1.82, 2.24) is 4.98 Å². The number of amidine groups is 1. The summed E-state index contributed by atoms with van der Waals surface area (Å²) in [6, 6.07) is 9.09. The van der Waals surface area contributed by atoms with Crippen LogP contribution in [-0.2, 0) is 6.42 Å². The molecule has 0 saturated heterocycles. The maximum Gasteiger partial charge on any atom is 0.135 e. The molecule has 2 aromatic rings. The van der Waals surface area contributed by atoms with Crippen LogP contribution in [0.15, 0.2) is 48.1 Å². The largest absolute Gasteiger partial charge is 0.507 e. The van der Waals surface area contributed by atoms with Crippen molar-refractivity contribution in [2.75, 3.05) is 0 Å². The molecular weight excluding hydrogens is 262 g/mol. The zero-order valence-corrected chi connectivity index (χ0v) is 12.3. The van der Waals surface area contributed by atoms with Crippen LogP contribution in [0.5, 0.6) is 5.75 Å². The lowest BCUT2D eigenvalue weighted by atomic mass is 10.1. The van der Waals surface area contributed by atoms with Gasteiger partial charge in [-0.2, -0.15) is 0 Å². The molecule has 1 aromatic carbocycles. The number of rotatable bonds is 4. The molecule has 0 radical (unpaired) electrons. The molecule has 3 N–H and O–H groups in total. The van der Waals surface area contributed by atoms with Crippen molar-refractivity contribution in [2.24, 2.45) is 10.7 Å². The fraction of sp³-hybridized carbons (Fsp3) is 0.176. The minimum absolute atomic E-state index is 0.103. The topological polar surface area (TPSA) is 71.5 Å². The highest BCUT2D eigenvalue weighted by Crippen LogP contribution is 2.21. The van der Waals surface area contributed by atoms with Gasteiger partial charge in [-0.05, 0) is 37.1 Å². The van der Waals surface area contributed by atoms with Gasteiger partial charge in [0, 0.05) is 6.20 Å². The number of pyridine rings is 1. The molecule has 1 aromatic heterocycles. The lowest BCUT2D eigenvalue weighted by Gasteiger charge is -2.08. The second-order valence-corrected chi connectivity index (χ2v) is 4.83. The van der Waals surface area contributed by atoms with E-state index in [2.05, 4.69) is 16.6 Å². The van der Waals surface area contributed by atoms with Gasteiger partial charge in [0.1, 0.15) is 11.6 Å². The number of nitrogens with two attached hydrogens (primary N) is 1. The van der Waals surface area contributed by atoms with Crippen LogP contribution in [0, 0.1) is 6.92 Å². The molecule has 0 amide bonds. The van der Waals surface area contributed by atoms with Crippen LogP contribution in [0.25, 0.3) is 5.70 Å². The number of nitrogens with zero attached hydrogens (tertiary/aromatic N) is 2. The summed E-state index contributed by atoms with van der Waals surface area (Å²) >= 11 is 0. The van der Waals surface area contributed by atoms with E-state index in [0.717, 1.165) is 23.2 Å². The van der Waals surface area contributed by atoms with Gasteiger partial charge in [-0.3, -0.25) is 4.98 Å². The van der Waals surface area contributed by atoms with Crippen molar-refractivity contribution in [3.8, 4) is 5.75 Å². The van der Waals surface area contributed by atoms with Crippen LogP contribution in [0.1, 0.15) is 29.3 Å². The van der Waals surface area contributed by atoms with E-state index in [1.807, 2.05) is 32.0 Å². The fourth-order valence-electron chi connectivity index (χ4n) is 2.10. The summed E-state index contributed by atoms with van der Waals surface area (Å²) in [5, 5.41) is 9.88. The van der Waals surface area contributed by atoms with Gasteiger partial charge in [-0.25, -0.2) is 4.99 Å². The third-order valence-corrected chi connectivity index (χ3v) is 3.23. The van der Waals surface area contributed by atoms with E-state index in [9.17, 15) is 5.11 Å². The zero-order valence-electron chi connectivity index (χ0n) is 12.3. The molecular formula is C17H19N3O. The average molecular weight is 281 g/mol. The molecule has 0 unspecified atom stereocenters. The molecule has 1 heterocycles. The number of hydrogen-bond donors (Lipinski definition) is 2. The number of aromatic hydroxyl groups is 1. The maximum atomic E-state index is 9.88. The summed E-state index contributed by atoms with van der Waals surface area (Å²) in [5.74, 6) is 0.334. The molecule has 4 nitrogen and oxygen atoms in total. The van der Waals surface area contributed by atoms with Crippen LogP contribution in [0.4, 0.5) is 0 Å². The minimum atomic E-state index is 0.103. The van der Waals surface area contributed by atoms with Crippen LogP contribution >= 0.6 is 0 Å². The Morgan fingerprint density at radius 2 is 2.14 bits per heavy atom. The predicted octanol–water partition coefficient (Wildman–Crippen LogP) is 3.03. The second-order valence-electron chi connectivity index (χ2n) is 4.83. The Labute approximate surface area is 124 Å². The lowest BCUT2D eigenvalue weighted by molar-refractivity contribution is 0.474. The molecule has 0 spiro atoms. The van der Waals surface area contributed by atoms with Crippen molar-refractivity contribution >= 4 is 11.5 Å². The van der Waals surface area contributed by atoms with E-state index < -0.39 is 0 Å². The number of phenols is 1. The standard InChI is InChI=1S/C17H19N3O/c1-4-13-6-5-9-19-16(13)12(3)20-17(18)14-10-11(2)7-8-15(14)21/h5-10,21H,3-4H2,1-2H3,(H2,18,20). The number of phenolic OH excluding ortho intramolecular Hbond substituents is 1. The summed E-state index contributed by atoms with van der Waals surface area (Å²) in [5.41, 5.74) is 9.79. The Morgan fingerprint density at radius 1 is 1.38 bits per heavy atom. The molecule has 21 heavy (non-hydrogen) atoms. The first-order chi connectivity index (χ1) is 10.0. The molecule has 0 aliphatic heterocycles. The van der Waals surface area contributed by atoms with E-state index >= 15 is 0 Å². The Morgan fingerprint density at radius 3 is 2.86 bits per heavy atom. The molecule has 4 heteroatoms. The van der Waals surface area contributed by atoms with Crippen molar-refractivity contribution in [1.29, 1.82) is 0 Å². The van der Waals surface area contributed by atoms with Gasteiger partial charge in [0.05, 0.1) is 17.0 Å². The van der Waals surface area contributed by atoms with Crippen LogP contribution in [0.3, 0.4) is 0 Å². The van der Waals surface area contributed by atoms with Gasteiger partial charge in [0.2, 0.25) is 0 Å². The molecule has 0 saturated carbocycles. The molecule has 0 fully saturated rings. The Balaban J connectivity index is 2.38. The van der Waals surface area contributed by atoms with Gasteiger partial charge >= 0.3 is 0 Å². The van der Waals surface area contributed by atoms with Crippen molar-refractivity contribution in [2.45, 2.75) is 20.3 Å². The van der Waals surface area contributed by atoms with E-state index in [1.165, 1.54) is 0 Å². The molecule has 0 aliphatic rings. The lowest BCUT2D eigenvalue weighted by Crippen LogP contribution is -2.14. The first-order valence-corrected chi connectivity index (χ1v) is 6.80. The normalized spacial score (nSPS) is 11.4. The third kappa shape index (κ3) is 3.28. The summed E-state index contributed by atoms with van der Waals surface area (Å²) < 4.78 is 0. The SMILES string of the molecule is C=C(N=C(N)c1cc(C)ccc1O)c1ncccc1CC. The van der Waals surface area contributed by atoms with Crippen LogP contribution in [0.2, 0.25) is 0 Å². The van der Waals surface area contributed by atoms with Gasteiger partial charge in [-0.1, -0.05) is 31.2 Å². The highest BCUT2D eigenvalue weighted by Gasteiger charge is 2.09. The third-order valence-electron chi connectivity index (χ3n) is 3.23. The number of aromatic nitrogens is 1. The second kappa shape index (κ2) is 6.22. The van der Waals surface area contributed by atoms with Gasteiger partial charge in [0.25, 0.3) is 0 Å². The summed E-state index contributed by atoms with van der Waals surface area (Å²) in [4.78, 5) is 8.62. The fourth-order valence-corrected chi connectivity index (χ4v) is 2.10. The number of benzene rings is 1. The van der Waals surface area contributed by atoms with Gasteiger partial charge in [0.15, 0.2) is 0 Å². The molecule has 0 bridgehead atoms. The van der Waals surface area contributed by atoms with E-state index in [0.29, 0.717) is 11.3 Å². The molecule has 108 valence electrons. The Hall–Kier alpha value is -2.62. The molecule has 2 rings (SSSR count). The predicted molar refractivity (Wildman–Crippen MR) is 86.2 cm³/mol. The zero-order chi connectivity index (χ0) is 15.4. The van der Waals surface area contributed by atoms with Crippen molar-refractivity contribution < 1.29 is 5.11 Å². The maximum absolute atomic E-state index is 9.88. The quantitative estimate of drug-likeness (QED) is 0.668. The Kier molecular flexibility index (Phi) is 4.38. The smallest absolute Gasteiger partial charge is 0.135 e. The van der Waals surface area contributed by atoms with Crippen molar-refractivity contribution in [3.05, 3.63) is 65.5 Å². The molecule has 0 aliphatic carbocycles. The average Bonchev–Trinajstić information content (AvgIpc) is 2.49. The number of hydrogen-bond acceptors (Lipinski definition) is 3. The van der Waals surface area contributed by atoms with Crippen LogP contribution < -0.4 is 5.73 Å². The number of aryl methyl sites for hydroxylation is 2. The van der Waals surface area contributed by atoms with E-state index in [-0.39, 0.29) is 11.6 Å². The number of aliphatic imine (C=N–C) groups is 1. The highest BCUT2D eigenvalue weighted by atomic mass is 16.3. The Bertz CT molecular complexity index is 705. The van der Waals surface area contributed by atoms with Gasteiger partial charge in [-0.15, -0.1) is 0 Å². The minimum Gasteiger partial charge on any atom is -0.507 e. The van der Waals surface area contributed by atoms with Crippen LogP contribution in [-0.4, -0.2) is 15.9 Å². The first-order valence-electron chi connectivity index (χ1n) is 6.80. The molecule has 0 atom stereocenters.